The van der Waals surface area contributed by atoms with Gasteiger partial charge in [-0.15, -0.1) is 0 Å². The summed E-state index contributed by atoms with van der Waals surface area (Å²) in [7, 11) is 0. The standard InChI is InChI=1S/C17H22N2O2/c20-16(19-18-11-15-2-1-3-21-15)10-17-7-12-4-13(8-17)6-14(5-12)9-17/h1-3,11-14H,4-10H2,(H,19,20)/b18-11+. The topological polar surface area (TPSA) is 54.6 Å². The van der Waals surface area contributed by atoms with E-state index in [1.54, 1.807) is 18.5 Å². The number of rotatable bonds is 4. The summed E-state index contributed by atoms with van der Waals surface area (Å²) in [6.45, 7) is 0. The maximum Gasteiger partial charge on any atom is 0.240 e. The quantitative estimate of drug-likeness (QED) is 0.681. The average molecular weight is 286 g/mol. The number of hydrogen-bond acceptors (Lipinski definition) is 3. The van der Waals surface area contributed by atoms with E-state index in [-0.39, 0.29) is 11.3 Å². The molecule has 1 heterocycles. The fourth-order valence-corrected chi connectivity index (χ4v) is 5.42. The van der Waals surface area contributed by atoms with E-state index < -0.39 is 0 Å². The Morgan fingerprint density at radius 1 is 1.29 bits per heavy atom. The van der Waals surface area contributed by atoms with E-state index in [1.165, 1.54) is 38.5 Å². The molecule has 0 radical (unpaired) electrons. The lowest BCUT2D eigenvalue weighted by molar-refractivity contribution is -0.129. The van der Waals surface area contributed by atoms with E-state index in [9.17, 15) is 4.79 Å². The number of hydrazone groups is 1. The maximum atomic E-state index is 12.2. The summed E-state index contributed by atoms with van der Waals surface area (Å²) in [6.07, 6.45) is 11.8. The maximum absolute atomic E-state index is 12.2. The summed E-state index contributed by atoms with van der Waals surface area (Å²) in [5.41, 5.74) is 2.94. The fourth-order valence-electron chi connectivity index (χ4n) is 5.42. The Labute approximate surface area is 125 Å². The van der Waals surface area contributed by atoms with Gasteiger partial charge in [0, 0.05) is 6.42 Å². The van der Waals surface area contributed by atoms with Gasteiger partial charge in [-0.25, -0.2) is 5.43 Å². The molecule has 4 saturated carbocycles. The molecule has 4 fully saturated rings. The Morgan fingerprint density at radius 3 is 2.52 bits per heavy atom. The molecule has 0 atom stereocenters. The molecule has 1 amide bonds. The molecule has 1 N–H and O–H groups in total. The van der Waals surface area contributed by atoms with Gasteiger partial charge >= 0.3 is 0 Å². The molecule has 1 aromatic heterocycles. The van der Waals surface area contributed by atoms with Crippen LogP contribution in [0.5, 0.6) is 0 Å². The Bertz CT molecular complexity index is 512. The molecule has 5 rings (SSSR count). The predicted octanol–water partition coefficient (Wildman–Crippen LogP) is 3.34. The van der Waals surface area contributed by atoms with Gasteiger partial charge in [-0.2, -0.15) is 5.10 Å². The molecular formula is C17H22N2O2. The molecule has 1 aromatic rings. The third-order valence-corrected chi connectivity index (χ3v) is 5.62. The monoisotopic (exact) mass is 286 g/mol. The van der Waals surface area contributed by atoms with E-state index in [4.69, 9.17) is 4.42 Å². The van der Waals surface area contributed by atoms with Gasteiger partial charge in [-0.3, -0.25) is 4.79 Å². The predicted molar refractivity (Wildman–Crippen MR) is 79.7 cm³/mol. The smallest absolute Gasteiger partial charge is 0.240 e. The first kappa shape index (κ1) is 13.1. The van der Waals surface area contributed by atoms with Crippen molar-refractivity contribution >= 4 is 12.1 Å². The summed E-state index contributed by atoms with van der Waals surface area (Å²) in [5, 5.41) is 3.99. The molecule has 4 nitrogen and oxygen atoms in total. The van der Waals surface area contributed by atoms with E-state index >= 15 is 0 Å². The van der Waals surface area contributed by atoms with Gasteiger partial charge in [-0.1, -0.05) is 0 Å². The van der Waals surface area contributed by atoms with Crippen LogP contribution in [0.15, 0.2) is 27.9 Å². The molecule has 4 aliphatic rings. The van der Waals surface area contributed by atoms with Crippen LogP contribution in [0, 0.1) is 23.2 Å². The van der Waals surface area contributed by atoms with Crippen LogP contribution in [-0.4, -0.2) is 12.1 Å². The van der Waals surface area contributed by atoms with E-state index in [1.807, 2.05) is 6.07 Å². The SMILES string of the molecule is O=C(CC12CC3CC(CC(C3)C1)C2)N/N=C/c1ccco1. The Morgan fingerprint density at radius 2 is 1.95 bits per heavy atom. The molecule has 0 saturated heterocycles. The van der Waals surface area contributed by atoms with Crippen LogP contribution in [0.4, 0.5) is 0 Å². The normalized spacial score (nSPS) is 37.2. The summed E-state index contributed by atoms with van der Waals surface area (Å²) in [6, 6.07) is 3.62. The van der Waals surface area contributed by atoms with E-state index in [0.29, 0.717) is 12.2 Å². The van der Waals surface area contributed by atoms with Crippen molar-refractivity contribution in [1.82, 2.24) is 5.43 Å². The van der Waals surface area contributed by atoms with Crippen LogP contribution in [0.3, 0.4) is 0 Å². The van der Waals surface area contributed by atoms with Crippen molar-refractivity contribution in [3.63, 3.8) is 0 Å². The molecule has 4 heteroatoms. The van der Waals surface area contributed by atoms with E-state index in [2.05, 4.69) is 10.5 Å². The van der Waals surface area contributed by atoms with Crippen LogP contribution in [-0.2, 0) is 4.79 Å². The molecule has 4 bridgehead atoms. The average Bonchev–Trinajstić information content (AvgIpc) is 2.89. The Hall–Kier alpha value is -1.58. The molecule has 4 aliphatic carbocycles. The number of amides is 1. The molecule has 112 valence electrons. The van der Waals surface area contributed by atoms with Crippen molar-refractivity contribution < 1.29 is 9.21 Å². The second kappa shape index (κ2) is 5.00. The first-order valence-electron chi connectivity index (χ1n) is 8.06. The van der Waals surface area contributed by atoms with Crippen molar-refractivity contribution in [3.05, 3.63) is 24.2 Å². The van der Waals surface area contributed by atoms with Gasteiger partial charge < -0.3 is 4.42 Å². The highest BCUT2D eigenvalue weighted by Gasteiger charge is 2.51. The summed E-state index contributed by atoms with van der Waals surface area (Å²) >= 11 is 0. The van der Waals surface area contributed by atoms with Crippen molar-refractivity contribution in [3.8, 4) is 0 Å². The zero-order valence-electron chi connectivity index (χ0n) is 12.3. The van der Waals surface area contributed by atoms with Gasteiger partial charge in [0.05, 0.1) is 12.5 Å². The highest BCUT2D eigenvalue weighted by molar-refractivity contribution is 5.80. The minimum atomic E-state index is 0.0553. The molecule has 0 spiro atoms. The van der Waals surface area contributed by atoms with Gasteiger partial charge in [0.25, 0.3) is 0 Å². The highest BCUT2D eigenvalue weighted by atomic mass is 16.3. The highest BCUT2D eigenvalue weighted by Crippen LogP contribution is 2.61. The summed E-state index contributed by atoms with van der Waals surface area (Å²) < 4.78 is 5.15. The second-order valence-corrected chi connectivity index (χ2v) is 7.40. The van der Waals surface area contributed by atoms with Gasteiger partial charge in [0.15, 0.2) is 0 Å². The van der Waals surface area contributed by atoms with E-state index in [0.717, 1.165) is 17.8 Å². The molecule has 0 unspecified atom stereocenters. The lowest BCUT2D eigenvalue weighted by Gasteiger charge is -2.56. The fraction of sp³-hybridized carbons (Fsp3) is 0.647. The van der Waals surface area contributed by atoms with Crippen LogP contribution in [0.25, 0.3) is 0 Å². The van der Waals surface area contributed by atoms with Gasteiger partial charge in [-0.05, 0) is 73.8 Å². The van der Waals surface area contributed by atoms with Crippen LogP contribution < -0.4 is 5.43 Å². The first-order chi connectivity index (χ1) is 10.2. The van der Waals surface area contributed by atoms with Crippen molar-refractivity contribution in [1.29, 1.82) is 0 Å². The Kier molecular flexibility index (Phi) is 3.12. The zero-order valence-corrected chi connectivity index (χ0v) is 12.3. The second-order valence-electron chi connectivity index (χ2n) is 7.40. The molecular weight excluding hydrogens is 264 g/mol. The van der Waals surface area contributed by atoms with Crippen molar-refractivity contribution in [2.24, 2.45) is 28.3 Å². The molecule has 0 aromatic carbocycles. The Balaban J connectivity index is 1.36. The van der Waals surface area contributed by atoms with Crippen molar-refractivity contribution in [2.75, 3.05) is 0 Å². The number of hydrogen-bond donors (Lipinski definition) is 1. The number of carbonyl (C=O) groups is 1. The minimum Gasteiger partial charge on any atom is -0.463 e. The first-order valence-corrected chi connectivity index (χ1v) is 8.06. The third kappa shape index (κ3) is 2.63. The lowest BCUT2D eigenvalue weighted by Crippen LogP contribution is -2.47. The van der Waals surface area contributed by atoms with Crippen LogP contribution >= 0.6 is 0 Å². The summed E-state index contributed by atoms with van der Waals surface area (Å²) in [4.78, 5) is 12.2. The largest absolute Gasteiger partial charge is 0.463 e. The number of furan rings is 1. The summed E-state index contributed by atoms with van der Waals surface area (Å²) in [5.74, 6) is 3.37. The molecule has 21 heavy (non-hydrogen) atoms. The lowest BCUT2D eigenvalue weighted by atomic mass is 9.49. The van der Waals surface area contributed by atoms with Crippen molar-refractivity contribution in [2.45, 2.75) is 44.9 Å². The van der Waals surface area contributed by atoms with Crippen LogP contribution in [0.1, 0.15) is 50.7 Å². The molecule has 0 aliphatic heterocycles. The van der Waals surface area contributed by atoms with Gasteiger partial charge in [0.1, 0.15) is 5.76 Å². The minimum absolute atomic E-state index is 0.0553. The third-order valence-electron chi connectivity index (χ3n) is 5.62. The number of nitrogens with zero attached hydrogens (tertiary/aromatic N) is 1. The number of carbonyl (C=O) groups excluding carboxylic acids is 1. The van der Waals surface area contributed by atoms with Gasteiger partial charge in [0.2, 0.25) is 5.91 Å². The number of nitrogens with one attached hydrogen (secondary N) is 1. The zero-order chi connectivity index (χ0) is 14.3. The van der Waals surface area contributed by atoms with Crippen LogP contribution in [0.2, 0.25) is 0 Å².